The molecule has 1 aliphatic rings. The summed E-state index contributed by atoms with van der Waals surface area (Å²) in [6.07, 6.45) is -1.47. The van der Waals surface area contributed by atoms with Gasteiger partial charge in [0.2, 0.25) is 0 Å². The zero-order valence-corrected chi connectivity index (χ0v) is 17.8. The summed E-state index contributed by atoms with van der Waals surface area (Å²) in [7, 11) is -8.20. The number of amidine groups is 1. The van der Waals surface area contributed by atoms with Crippen LogP contribution in [0.25, 0.3) is 0 Å². The van der Waals surface area contributed by atoms with E-state index in [9.17, 15) is 30.0 Å². The highest BCUT2D eigenvalue weighted by Crippen LogP contribution is 2.31. The average molecular weight is 476 g/mol. The summed E-state index contributed by atoms with van der Waals surface area (Å²) in [5.74, 6) is 0.381. The lowest BCUT2D eigenvalue weighted by atomic mass is 10.2. The predicted octanol–water partition coefficient (Wildman–Crippen LogP) is 3.76. The van der Waals surface area contributed by atoms with Gasteiger partial charge in [0.15, 0.2) is 0 Å². The number of alkyl halides is 3. The molecule has 0 amide bonds. The van der Waals surface area contributed by atoms with Gasteiger partial charge in [-0.05, 0) is 55.3 Å². The Balaban J connectivity index is 1.76. The molecule has 0 fully saturated rings. The van der Waals surface area contributed by atoms with Gasteiger partial charge in [-0.2, -0.15) is 13.2 Å². The number of nitrogens with one attached hydrogen (secondary N) is 2. The molecule has 0 bridgehead atoms. The number of sulfonamides is 2. The van der Waals surface area contributed by atoms with Crippen LogP contribution < -0.4 is 9.44 Å². The van der Waals surface area contributed by atoms with Gasteiger partial charge in [0, 0.05) is 18.7 Å². The van der Waals surface area contributed by atoms with Crippen LogP contribution in [0, 0.1) is 0 Å². The van der Waals surface area contributed by atoms with Crippen LogP contribution in [0.15, 0.2) is 63.3 Å². The molecule has 31 heavy (non-hydrogen) atoms. The van der Waals surface area contributed by atoms with Crippen molar-refractivity contribution in [1.29, 1.82) is 0 Å². The van der Waals surface area contributed by atoms with Crippen LogP contribution in [-0.2, 0) is 26.2 Å². The molecule has 2 N–H and O–H groups in total. The number of hydrogen-bond acceptors (Lipinski definition) is 5. The van der Waals surface area contributed by atoms with Gasteiger partial charge in [-0.25, -0.2) is 16.8 Å². The third-order valence-electron chi connectivity index (χ3n) is 4.52. The second kappa shape index (κ2) is 8.87. The average Bonchev–Trinajstić information content (AvgIpc) is 2.96. The maximum Gasteiger partial charge on any atom is 0.416 e. The van der Waals surface area contributed by atoms with Crippen LogP contribution in [0.2, 0.25) is 0 Å². The van der Waals surface area contributed by atoms with Crippen LogP contribution in [0.4, 0.5) is 18.9 Å². The van der Waals surface area contributed by atoms with Gasteiger partial charge in [-0.1, -0.05) is 12.5 Å². The molecule has 2 aromatic carbocycles. The Bertz CT molecular complexity index is 1180. The van der Waals surface area contributed by atoms with Gasteiger partial charge in [0.1, 0.15) is 5.84 Å². The normalized spacial score (nSPS) is 15.6. The largest absolute Gasteiger partial charge is 0.416 e. The minimum absolute atomic E-state index is 0.00293. The van der Waals surface area contributed by atoms with E-state index < -0.39 is 36.7 Å². The van der Waals surface area contributed by atoms with Crippen LogP contribution in [0.3, 0.4) is 0 Å². The number of anilines is 1. The van der Waals surface area contributed by atoms with Crippen molar-refractivity contribution in [3.8, 4) is 0 Å². The Labute approximate surface area is 178 Å². The summed E-state index contributed by atoms with van der Waals surface area (Å²) in [5, 5.41) is 0. The highest BCUT2D eigenvalue weighted by atomic mass is 32.2. The summed E-state index contributed by atoms with van der Waals surface area (Å²) >= 11 is 0. The molecule has 0 atom stereocenters. The number of nitrogens with zero attached hydrogens (tertiary/aromatic N) is 1. The molecule has 2 aromatic rings. The quantitative estimate of drug-likeness (QED) is 0.687. The molecule has 0 aliphatic carbocycles. The Kier molecular flexibility index (Phi) is 6.60. The smallest absolute Gasteiger partial charge is 0.280 e. The van der Waals surface area contributed by atoms with Crippen LogP contribution in [0.5, 0.6) is 0 Å². The van der Waals surface area contributed by atoms with Gasteiger partial charge < -0.3 is 0 Å². The fraction of sp³-hybridized carbons (Fsp3) is 0.316. The van der Waals surface area contributed by atoms with Crippen molar-refractivity contribution >= 4 is 31.6 Å². The first kappa shape index (κ1) is 23.1. The Morgan fingerprint density at radius 3 is 2.16 bits per heavy atom. The summed E-state index contributed by atoms with van der Waals surface area (Å²) in [4.78, 5) is 3.55. The van der Waals surface area contributed by atoms with Crippen LogP contribution in [-0.4, -0.2) is 29.2 Å². The van der Waals surface area contributed by atoms with E-state index in [0.29, 0.717) is 24.9 Å². The maximum absolute atomic E-state index is 12.8. The first-order valence-electron chi connectivity index (χ1n) is 9.34. The van der Waals surface area contributed by atoms with Crippen molar-refractivity contribution in [3.63, 3.8) is 0 Å². The third-order valence-corrected chi connectivity index (χ3v) is 7.29. The van der Waals surface area contributed by atoms with E-state index >= 15 is 0 Å². The molecule has 0 saturated heterocycles. The maximum atomic E-state index is 12.8. The lowest BCUT2D eigenvalue weighted by Crippen LogP contribution is -2.30. The monoisotopic (exact) mass is 475 g/mol. The topological polar surface area (TPSA) is 105 Å². The molecule has 168 valence electrons. The molecular formula is C19H20F3N3O4S2. The van der Waals surface area contributed by atoms with Gasteiger partial charge >= 0.3 is 6.18 Å². The second-order valence-corrected chi connectivity index (χ2v) is 10.3. The number of benzene rings is 2. The summed E-state index contributed by atoms with van der Waals surface area (Å²) in [5.41, 5.74) is -1.09. The molecule has 1 aliphatic heterocycles. The first-order chi connectivity index (χ1) is 14.5. The van der Waals surface area contributed by atoms with Crippen molar-refractivity contribution < 1.29 is 30.0 Å². The molecule has 0 radical (unpaired) electrons. The van der Waals surface area contributed by atoms with E-state index in [1.165, 1.54) is 24.3 Å². The van der Waals surface area contributed by atoms with E-state index in [1.54, 1.807) is 0 Å². The second-order valence-electron chi connectivity index (χ2n) is 6.90. The Hall–Kier alpha value is -2.60. The van der Waals surface area contributed by atoms with E-state index in [0.717, 1.165) is 37.5 Å². The lowest BCUT2D eigenvalue weighted by molar-refractivity contribution is -0.137. The zero-order chi connectivity index (χ0) is 22.7. The van der Waals surface area contributed by atoms with Crippen molar-refractivity contribution in [3.05, 3.63) is 54.1 Å². The van der Waals surface area contributed by atoms with Crippen molar-refractivity contribution in [2.24, 2.45) is 4.99 Å². The van der Waals surface area contributed by atoms with E-state index in [1.807, 2.05) is 0 Å². The number of halogens is 3. The van der Waals surface area contributed by atoms with Crippen LogP contribution >= 0.6 is 0 Å². The molecule has 0 aromatic heterocycles. The van der Waals surface area contributed by atoms with E-state index in [4.69, 9.17) is 0 Å². The summed E-state index contributed by atoms with van der Waals surface area (Å²) < 4.78 is 93.0. The molecule has 0 unspecified atom stereocenters. The number of hydrogen-bond donors (Lipinski definition) is 2. The molecule has 12 heteroatoms. The van der Waals surface area contributed by atoms with E-state index in [2.05, 4.69) is 14.4 Å². The number of rotatable bonds is 5. The molecule has 3 rings (SSSR count). The minimum atomic E-state index is -4.68. The summed E-state index contributed by atoms with van der Waals surface area (Å²) in [6, 6.07) is 8.15. The standard InChI is InChI=1S/C19H20F3N3O4S2/c20-19(21,22)14-5-4-6-17(13-14)31(28,29)24-15-8-10-16(11-9-15)30(26,27)25-18-7-2-1-3-12-23-18/h4-6,8-11,13,24H,1-3,7,12H2,(H,23,25). The molecular weight excluding hydrogens is 455 g/mol. The van der Waals surface area contributed by atoms with Crippen molar-refractivity contribution in [1.82, 2.24) is 4.72 Å². The van der Waals surface area contributed by atoms with Gasteiger partial charge in [-0.15, -0.1) is 0 Å². The van der Waals surface area contributed by atoms with Gasteiger partial charge in [-0.3, -0.25) is 14.4 Å². The van der Waals surface area contributed by atoms with Gasteiger partial charge in [0.25, 0.3) is 20.0 Å². The van der Waals surface area contributed by atoms with Crippen molar-refractivity contribution in [2.75, 3.05) is 11.3 Å². The fourth-order valence-electron chi connectivity index (χ4n) is 2.93. The molecule has 1 heterocycles. The predicted molar refractivity (Wildman–Crippen MR) is 110 cm³/mol. The van der Waals surface area contributed by atoms with Crippen molar-refractivity contribution in [2.45, 2.75) is 41.7 Å². The highest BCUT2D eigenvalue weighted by molar-refractivity contribution is 7.92. The fourth-order valence-corrected chi connectivity index (χ4v) is 5.12. The number of aliphatic imine (C=N–C) groups is 1. The molecule has 7 nitrogen and oxygen atoms in total. The lowest BCUT2D eigenvalue weighted by Gasteiger charge is -2.12. The Morgan fingerprint density at radius 1 is 0.806 bits per heavy atom. The third kappa shape index (κ3) is 5.97. The SMILES string of the molecule is O=S(=O)(NC1=NCCCCC1)c1ccc(NS(=O)(=O)c2cccc(C(F)(F)F)c2)cc1. The summed E-state index contributed by atoms with van der Waals surface area (Å²) in [6.45, 7) is 0.550. The first-order valence-corrected chi connectivity index (χ1v) is 12.3. The highest BCUT2D eigenvalue weighted by Gasteiger charge is 2.31. The van der Waals surface area contributed by atoms with Gasteiger partial charge in [0.05, 0.1) is 15.4 Å². The van der Waals surface area contributed by atoms with Crippen LogP contribution in [0.1, 0.15) is 31.2 Å². The zero-order valence-electron chi connectivity index (χ0n) is 16.2. The minimum Gasteiger partial charge on any atom is -0.280 e. The molecule has 0 spiro atoms. The molecule has 0 saturated carbocycles. The Morgan fingerprint density at radius 2 is 1.48 bits per heavy atom. The van der Waals surface area contributed by atoms with E-state index in [-0.39, 0.29) is 10.6 Å².